The van der Waals surface area contributed by atoms with Gasteiger partial charge in [-0.05, 0) is 50.7 Å². The molecule has 1 fully saturated rings. The van der Waals surface area contributed by atoms with Gasteiger partial charge in [0.25, 0.3) is 10.0 Å². The minimum absolute atomic E-state index is 0.147. The van der Waals surface area contributed by atoms with E-state index in [2.05, 4.69) is 4.90 Å². The number of nitrogens with zero attached hydrogens (tertiary/aromatic N) is 3. The van der Waals surface area contributed by atoms with Crippen molar-refractivity contribution >= 4 is 33.2 Å². The molecule has 0 atom stereocenters. The van der Waals surface area contributed by atoms with E-state index in [9.17, 15) is 13.2 Å². The number of carbonyl (C=O) groups excluding carboxylic acids is 1. The van der Waals surface area contributed by atoms with Crippen LogP contribution in [0.5, 0.6) is 0 Å². The second-order valence-corrected chi connectivity index (χ2v) is 9.74. The van der Waals surface area contributed by atoms with Gasteiger partial charge in [-0.1, -0.05) is 35.4 Å². The van der Waals surface area contributed by atoms with Crippen molar-refractivity contribution in [1.29, 1.82) is 0 Å². The summed E-state index contributed by atoms with van der Waals surface area (Å²) in [4.78, 5) is 17.0. The van der Waals surface area contributed by atoms with Gasteiger partial charge in [-0.2, -0.15) is 0 Å². The van der Waals surface area contributed by atoms with Crippen LogP contribution in [0.4, 0.5) is 5.69 Å². The maximum atomic E-state index is 13.5. The highest BCUT2D eigenvalue weighted by molar-refractivity contribution is 7.92. The van der Waals surface area contributed by atoms with Gasteiger partial charge in [0.1, 0.15) is 6.54 Å². The maximum absolute atomic E-state index is 13.5. The molecule has 2 aromatic carbocycles. The van der Waals surface area contributed by atoms with Gasteiger partial charge in [-0.15, -0.1) is 0 Å². The van der Waals surface area contributed by atoms with E-state index in [0.29, 0.717) is 23.8 Å². The Kier molecular flexibility index (Phi) is 6.51. The molecule has 156 valence electrons. The summed E-state index contributed by atoms with van der Waals surface area (Å²) < 4.78 is 28.1. The van der Waals surface area contributed by atoms with E-state index in [0.717, 1.165) is 24.2 Å². The lowest BCUT2D eigenvalue weighted by Gasteiger charge is -2.34. The largest absolute Gasteiger partial charge is 0.339 e. The first kappa shape index (κ1) is 21.6. The Labute approximate surface area is 177 Å². The summed E-state index contributed by atoms with van der Waals surface area (Å²) in [6.45, 7) is 6.15. The number of likely N-dealkylation sites (N-methyl/N-ethyl adjacent to an activating group) is 1. The van der Waals surface area contributed by atoms with E-state index in [1.165, 1.54) is 4.31 Å². The minimum Gasteiger partial charge on any atom is -0.339 e. The Hall–Kier alpha value is -2.09. The van der Waals surface area contributed by atoms with E-state index < -0.39 is 10.0 Å². The molecule has 0 radical (unpaired) electrons. The number of hydrogen-bond acceptors (Lipinski definition) is 4. The molecule has 0 N–H and O–H groups in total. The minimum atomic E-state index is -3.94. The quantitative estimate of drug-likeness (QED) is 0.724. The fourth-order valence-electron chi connectivity index (χ4n) is 3.27. The van der Waals surface area contributed by atoms with Crippen LogP contribution in [-0.4, -0.2) is 63.9 Å². The summed E-state index contributed by atoms with van der Waals surface area (Å²) in [5.74, 6) is -0.215. The first-order valence-corrected chi connectivity index (χ1v) is 11.3. The number of benzene rings is 2. The molecule has 29 heavy (non-hydrogen) atoms. The summed E-state index contributed by atoms with van der Waals surface area (Å²) >= 11 is 6.16. The van der Waals surface area contributed by atoms with Crippen molar-refractivity contribution in [3.63, 3.8) is 0 Å². The van der Waals surface area contributed by atoms with Crippen LogP contribution in [0, 0.1) is 13.8 Å². The fourth-order valence-corrected chi connectivity index (χ4v) is 4.90. The Morgan fingerprint density at radius 2 is 1.66 bits per heavy atom. The van der Waals surface area contributed by atoms with Gasteiger partial charge in [0.05, 0.1) is 10.6 Å². The lowest BCUT2D eigenvalue weighted by atomic mass is 10.2. The standard InChI is InChI=1S/C21H26ClN3O3S/c1-16-4-8-19(9-5-16)29(27,28)25(20-14-18(22)7-6-17(20)2)15-21(26)24-12-10-23(3)11-13-24/h4-9,14H,10-13,15H2,1-3H3. The molecule has 3 rings (SSSR count). The molecule has 1 aliphatic rings. The average Bonchev–Trinajstić information content (AvgIpc) is 2.68. The molecular weight excluding hydrogens is 410 g/mol. The topological polar surface area (TPSA) is 60.9 Å². The first-order valence-electron chi connectivity index (χ1n) is 9.50. The number of amides is 1. The Bertz CT molecular complexity index is 985. The predicted octanol–water partition coefficient (Wildman–Crippen LogP) is 2.93. The normalized spacial score (nSPS) is 15.4. The van der Waals surface area contributed by atoms with Crippen LogP contribution in [0.2, 0.25) is 5.02 Å². The molecule has 1 amide bonds. The summed E-state index contributed by atoms with van der Waals surface area (Å²) in [5, 5.41) is 0.418. The third-order valence-electron chi connectivity index (χ3n) is 5.18. The SMILES string of the molecule is Cc1ccc(S(=O)(=O)N(CC(=O)N2CCN(C)CC2)c2cc(Cl)ccc2C)cc1. The molecule has 0 unspecified atom stereocenters. The number of aryl methyl sites for hydroxylation is 2. The Morgan fingerprint density at radius 1 is 1.03 bits per heavy atom. The van der Waals surface area contributed by atoms with Gasteiger partial charge in [-0.3, -0.25) is 9.10 Å². The fraction of sp³-hybridized carbons (Fsp3) is 0.381. The predicted molar refractivity (Wildman–Crippen MR) is 116 cm³/mol. The number of halogens is 1. The van der Waals surface area contributed by atoms with Crippen LogP contribution < -0.4 is 4.31 Å². The van der Waals surface area contributed by atoms with Crippen molar-refractivity contribution in [2.75, 3.05) is 44.1 Å². The first-order chi connectivity index (χ1) is 13.7. The molecule has 6 nitrogen and oxygen atoms in total. The van der Waals surface area contributed by atoms with Gasteiger partial charge in [0.15, 0.2) is 0 Å². The summed E-state index contributed by atoms with van der Waals surface area (Å²) in [6, 6.07) is 11.7. The number of anilines is 1. The van der Waals surface area contributed by atoms with Crippen molar-refractivity contribution in [3.8, 4) is 0 Å². The van der Waals surface area contributed by atoms with Gasteiger partial charge >= 0.3 is 0 Å². The number of rotatable bonds is 5. The zero-order valence-electron chi connectivity index (χ0n) is 16.9. The monoisotopic (exact) mass is 435 g/mol. The van der Waals surface area contributed by atoms with Crippen LogP contribution in [-0.2, 0) is 14.8 Å². The zero-order chi connectivity index (χ0) is 21.2. The molecule has 0 spiro atoms. The second kappa shape index (κ2) is 8.73. The van der Waals surface area contributed by atoms with E-state index in [1.54, 1.807) is 47.4 Å². The lowest BCUT2D eigenvalue weighted by molar-refractivity contribution is -0.131. The van der Waals surface area contributed by atoms with Crippen molar-refractivity contribution in [2.24, 2.45) is 0 Å². The number of carbonyl (C=O) groups is 1. The van der Waals surface area contributed by atoms with E-state index in [4.69, 9.17) is 11.6 Å². The average molecular weight is 436 g/mol. The van der Waals surface area contributed by atoms with E-state index in [1.807, 2.05) is 20.9 Å². The van der Waals surface area contributed by atoms with Crippen LogP contribution in [0.25, 0.3) is 0 Å². The third-order valence-corrected chi connectivity index (χ3v) is 7.19. The lowest BCUT2D eigenvalue weighted by Crippen LogP contribution is -2.51. The molecule has 0 aliphatic carbocycles. The Morgan fingerprint density at radius 3 is 2.28 bits per heavy atom. The second-order valence-electron chi connectivity index (χ2n) is 7.44. The summed E-state index contributed by atoms with van der Waals surface area (Å²) in [7, 11) is -1.93. The molecule has 1 aliphatic heterocycles. The van der Waals surface area contributed by atoms with Gasteiger partial charge in [0, 0.05) is 31.2 Å². The Balaban J connectivity index is 1.99. The molecule has 0 aromatic heterocycles. The molecule has 0 saturated carbocycles. The maximum Gasteiger partial charge on any atom is 0.264 e. The summed E-state index contributed by atoms with van der Waals surface area (Å²) in [5.41, 5.74) is 2.11. The van der Waals surface area contributed by atoms with Crippen LogP contribution in [0.15, 0.2) is 47.4 Å². The molecule has 1 saturated heterocycles. The van der Waals surface area contributed by atoms with Gasteiger partial charge < -0.3 is 9.80 Å². The third kappa shape index (κ3) is 4.91. The highest BCUT2D eigenvalue weighted by Gasteiger charge is 2.30. The van der Waals surface area contributed by atoms with Crippen molar-refractivity contribution in [2.45, 2.75) is 18.7 Å². The van der Waals surface area contributed by atoms with Crippen LogP contribution in [0.3, 0.4) is 0 Å². The molecule has 0 bridgehead atoms. The molecule has 2 aromatic rings. The molecule has 8 heteroatoms. The zero-order valence-corrected chi connectivity index (χ0v) is 18.5. The highest BCUT2D eigenvalue weighted by Crippen LogP contribution is 2.29. The van der Waals surface area contributed by atoms with Gasteiger partial charge in [0.2, 0.25) is 5.91 Å². The van der Waals surface area contributed by atoms with E-state index >= 15 is 0 Å². The van der Waals surface area contributed by atoms with Crippen LogP contribution in [0.1, 0.15) is 11.1 Å². The highest BCUT2D eigenvalue weighted by atomic mass is 35.5. The smallest absolute Gasteiger partial charge is 0.264 e. The molecular formula is C21H26ClN3O3S. The van der Waals surface area contributed by atoms with Gasteiger partial charge in [-0.25, -0.2) is 8.42 Å². The van der Waals surface area contributed by atoms with Crippen LogP contribution >= 0.6 is 11.6 Å². The summed E-state index contributed by atoms with van der Waals surface area (Å²) in [6.07, 6.45) is 0. The van der Waals surface area contributed by atoms with Crippen molar-refractivity contribution in [1.82, 2.24) is 9.80 Å². The van der Waals surface area contributed by atoms with Crippen molar-refractivity contribution in [3.05, 3.63) is 58.6 Å². The molecule has 1 heterocycles. The number of hydrogen-bond donors (Lipinski definition) is 0. The number of piperazine rings is 1. The van der Waals surface area contributed by atoms with Crippen molar-refractivity contribution < 1.29 is 13.2 Å². The number of sulfonamides is 1. The van der Waals surface area contributed by atoms with E-state index in [-0.39, 0.29) is 17.3 Å².